The first-order valence-corrected chi connectivity index (χ1v) is 12.5. The molecule has 1 saturated heterocycles. The molecule has 2 aliphatic rings. The summed E-state index contributed by atoms with van der Waals surface area (Å²) >= 11 is 0. The van der Waals surface area contributed by atoms with Gasteiger partial charge in [0, 0.05) is 36.9 Å². The molecular formula is C23H21F2N3O6S. The lowest BCUT2D eigenvalue weighted by atomic mass is 10.0. The standard InChI is InChI=1S/C23H21F2N3O6S/c1-35(33,34)16-5-3-15(4-6-16)23(24,25)22(32)26-11-13-2-7-17-14(10-13)12-28(21(17)31)18-8-9-19(29)27-20(18)30/h2-7,10,18H,8-9,11-12H2,1H3,(H,26,32)(H,27,29,30)/t18-/m1/s1. The summed E-state index contributed by atoms with van der Waals surface area (Å²) in [5.41, 5.74) is 0.760. The number of hydrogen-bond donors (Lipinski definition) is 2. The summed E-state index contributed by atoms with van der Waals surface area (Å²) in [4.78, 5) is 49.7. The van der Waals surface area contributed by atoms with E-state index in [4.69, 9.17) is 0 Å². The van der Waals surface area contributed by atoms with Crippen LogP contribution in [0.4, 0.5) is 8.78 Å². The minimum absolute atomic E-state index is 0.116. The minimum Gasteiger partial charge on any atom is -0.346 e. The summed E-state index contributed by atoms with van der Waals surface area (Å²) < 4.78 is 52.2. The summed E-state index contributed by atoms with van der Waals surface area (Å²) in [6.45, 7) is -0.124. The second-order valence-electron chi connectivity index (χ2n) is 8.45. The van der Waals surface area contributed by atoms with Gasteiger partial charge in [0.1, 0.15) is 6.04 Å². The van der Waals surface area contributed by atoms with Crippen molar-refractivity contribution in [2.24, 2.45) is 0 Å². The quantitative estimate of drug-likeness (QED) is 0.569. The highest BCUT2D eigenvalue weighted by atomic mass is 32.2. The summed E-state index contributed by atoms with van der Waals surface area (Å²) in [6, 6.07) is 7.65. The van der Waals surface area contributed by atoms with E-state index >= 15 is 0 Å². The Kier molecular flexibility index (Phi) is 6.18. The van der Waals surface area contributed by atoms with Gasteiger partial charge >= 0.3 is 5.92 Å². The SMILES string of the molecule is CS(=O)(=O)c1ccc(C(F)(F)C(=O)NCc2ccc3c(c2)CN([C@@H]2CCC(=O)NC2=O)C3=O)cc1. The Morgan fingerprint density at radius 2 is 1.83 bits per heavy atom. The van der Waals surface area contributed by atoms with E-state index in [1.165, 1.54) is 17.0 Å². The zero-order chi connectivity index (χ0) is 25.5. The molecule has 9 nitrogen and oxygen atoms in total. The average Bonchev–Trinajstić information content (AvgIpc) is 3.12. The Balaban J connectivity index is 1.43. The van der Waals surface area contributed by atoms with Gasteiger partial charge in [0.25, 0.3) is 11.8 Å². The molecule has 1 atom stereocenters. The molecule has 0 radical (unpaired) electrons. The second-order valence-corrected chi connectivity index (χ2v) is 10.5. The van der Waals surface area contributed by atoms with Crippen molar-refractivity contribution in [2.45, 2.75) is 42.8 Å². The number of carbonyl (C=O) groups is 4. The van der Waals surface area contributed by atoms with Crippen LogP contribution in [-0.2, 0) is 43.2 Å². The molecule has 2 aliphatic heterocycles. The largest absolute Gasteiger partial charge is 0.349 e. The van der Waals surface area contributed by atoms with Crippen LogP contribution in [0.1, 0.15) is 39.9 Å². The first-order chi connectivity index (χ1) is 16.4. The third-order valence-electron chi connectivity index (χ3n) is 5.97. The van der Waals surface area contributed by atoms with Gasteiger partial charge < -0.3 is 10.2 Å². The van der Waals surface area contributed by atoms with E-state index < -0.39 is 45.1 Å². The number of alkyl halides is 2. The van der Waals surface area contributed by atoms with Crippen LogP contribution in [0.2, 0.25) is 0 Å². The highest BCUT2D eigenvalue weighted by Crippen LogP contribution is 2.30. The van der Waals surface area contributed by atoms with Crippen molar-refractivity contribution >= 4 is 33.5 Å². The molecule has 0 unspecified atom stereocenters. The monoisotopic (exact) mass is 505 g/mol. The molecule has 4 rings (SSSR count). The lowest BCUT2D eigenvalue weighted by Crippen LogP contribution is -2.52. The molecule has 0 aliphatic carbocycles. The number of imide groups is 1. The van der Waals surface area contributed by atoms with Crippen molar-refractivity contribution in [3.8, 4) is 0 Å². The Morgan fingerprint density at radius 1 is 1.14 bits per heavy atom. The maximum Gasteiger partial charge on any atom is 0.349 e. The number of piperidine rings is 1. The summed E-state index contributed by atoms with van der Waals surface area (Å²) in [5.74, 6) is -6.76. The van der Waals surface area contributed by atoms with Gasteiger partial charge in [-0.25, -0.2) is 8.42 Å². The first kappa shape index (κ1) is 24.5. The molecular weight excluding hydrogens is 484 g/mol. The fourth-order valence-electron chi connectivity index (χ4n) is 4.07. The van der Waals surface area contributed by atoms with E-state index in [0.29, 0.717) is 16.7 Å². The van der Waals surface area contributed by atoms with Crippen molar-refractivity contribution in [3.63, 3.8) is 0 Å². The zero-order valence-electron chi connectivity index (χ0n) is 18.5. The Hall–Kier alpha value is -3.67. The molecule has 184 valence electrons. The van der Waals surface area contributed by atoms with Gasteiger partial charge in [-0.1, -0.05) is 24.3 Å². The topological polar surface area (TPSA) is 130 Å². The molecule has 12 heteroatoms. The van der Waals surface area contributed by atoms with Crippen molar-refractivity contribution in [2.75, 3.05) is 6.26 Å². The van der Waals surface area contributed by atoms with Crippen LogP contribution in [0, 0.1) is 0 Å². The van der Waals surface area contributed by atoms with E-state index in [1.54, 1.807) is 6.07 Å². The van der Waals surface area contributed by atoms with Gasteiger partial charge in [-0.3, -0.25) is 24.5 Å². The van der Waals surface area contributed by atoms with Gasteiger partial charge in [-0.15, -0.1) is 0 Å². The molecule has 2 aromatic rings. The molecule has 2 heterocycles. The van der Waals surface area contributed by atoms with Gasteiger partial charge in [0.05, 0.1) is 4.90 Å². The molecule has 0 spiro atoms. The number of hydrogen-bond acceptors (Lipinski definition) is 6. The van der Waals surface area contributed by atoms with E-state index in [-0.39, 0.29) is 36.7 Å². The predicted molar refractivity (Wildman–Crippen MR) is 118 cm³/mol. The molecule has 4 amide bonds. The fraction of sp³-hybridized carbons (Fsp3) is 0.304. The molecule has 0 saturated carbocycles. The van der Waals surface area contributed by atoms with E-state index in [9.17, 15) is 36.4 Å². The molecule has 0 bridgehead atoms. The van der Waals surface area contributed by atoms with Crippen LogP contribution in [0.5, 0.6) is 0 Å². The number of sulfone groups is 1. The summed E-state index contributed by atoms with van der Waals surface area (Å²) in [7, 11) is -3.57. The van der Waals surface area contributed by atoms with Crippen molar-refractivity contribution in [1.29, 1.82) is 0 Å². The van der Waals surface area contributed by atoms with Gasteiger partial charge in [0.2, 0.25) is 11.8 Å². The van der Waals surface area contributed by atoms with Crippen molar-refractivity contribution in [1.82, 2.24) is 15.5 Å². The van der Waals surface area contributed by atoms with Crippen molar-refractivity contribution in [3.05, 3.63) is 64.7 Å². The van der Waals surface area contributed by atoms with Crippen LogP contribution in [0.3, 0.4) is 0 Å². The number of nitrogens with one attached hydrogen (secondary N) is 2. The molecule has 2 N–H and O–H groups in total. The minimum atomic E-state index is -3.90. The number of benzene rings is 2. The van der Waals surface area contributed by atoms with Crippen LogP contribution in [0.15, 0.2) is 47.4 Å². The van der Waals surface area contributed by atoms with E-state index in [2.05, 4.69) is 10.6 Å². The lowest BCUT2D eigenvalue weighted by Gasteiger charge is -2.29. The fourth-order valence-corrected chi connectivity index (χ4v) is 4.70. The maximum absolute atomic E-state index is 14.6. The number of halogens is 2. The summed E-state index contributed by atoms with van der Waals surface area (Å²) in [6.07, 6.45) is 1.29. The predicted octanol–water partition coefficient (Wildman–Crippen LogP) is 1.26. The van der Waals surface area contributed by atoms with Crippen LogP contribution in [0.25, 0.3) is 0 Å². The third kappa shape index (κ3) is 4.78. The highest BCUT2D eigenvalue weighted by molar-refractivity contribution is 7.90. The van der Waals surface area contributed by atoms with E-state index in [0.717, 1.165) is 30.5 Å². The van der Waals surface area contributed by atoms with Crippen molar-refractivity contribution < 1.29 is 36.4 Å². The summed E-state index contributed by atoms with van der Waals surface area (Å²) in [5, 5.41) is 4.38. The number of carbonyl (C=O) groups excluding carboxylic acids is 4. The van der Waals surface area contributed by atoms with Gasteiger partial charge in [-0.05, 0) is 35.7 Å². The van der Waals surface area contributed by atoms with E-state index in [1.807, 2.05) is 0 Å². The molecule has 0 aromatic heterocycles. The smallest absolute Gasteiger partial charge is 0.346 e. The van der Waals surface area contributed by atoms with Gasteiger partial charge in [0.15, 0.2) is 9.84 Å². The van der Waals surface area contributed by atoms with Crippen LogP contribution < -0.4 is 10.6 Å². The maximum atomic E-state index is 14.6. The average molecular weight is 505 g/mol. The highest BCUT2D eigenvalue weighted by Gasteiger charge is 2.41. The van der Waals surface area contributed by atoms with Gasteiger partial charge in [-0.2, -0.15) is 8.78 Å². The van der Waals surface area contributed by atoms with Crippen LogP contribution >= 0.6 is 0 Å². The van der Waals surface area contributed by atoms with Crippen LogP contribution in [-0.4, -0.2) is 49.2 Å². The molecule has 35 heavy (non-hydrogen) atoms. The Bertz CT molecular complexity index is 1340. The lowest BCUT2D eigenvalue weighted by molar-refractivity contribution is -0.147. The second kappa shape index (κ2) is 8.84. The number of rotatable bonds is 6. The first-order valence-electron chi connectivity index (χ1n) is 10.6. The normalized spacial score (nSPS) is 18.3. The number of amides is 4. The molecule has 2 aromatic carbocycles. The number of nitrogens with zero attached hydrogens (tertiary/aromatic N) is 1. The third-order valence-corrected chi connectivity index (χ3v) is 7.10. The zero-order valence-corrected chi connectivity index (χ0v) is 19.3. The molecule has 1 fully saturated rings. The Morgan fingerprint density at radius 3 is 2.46 bits per heavy atom. The Labute approximate surface area is 199 Å². The number of fused-ring (bicyclic) bond motifs is 1.